The Morgan fingerprint density at radius 1 is 1.41 bits per heavy atom. The molecule has 0 saturated carbocycles. The highest BCUT2D eigenvalue weighted by molar-refractivity contribution is 9.10. The summed E-state index contributed by atoms with van der Waals surface area (Å²) in [5.41, 5.74) is 0.0909. The van der Waals surface area contributed by atoms with Crippen LogP contribution in [-0.2, 0) is 0 Å². The Hall–Kier alpha value is -1.89. The molecule has 0 atom stereocenters. The average molecular weight is 302 g/mol. The van der Waals surface area contributed by atoms with Gasteiger partial charge in [0.25, 0.3) is 0 Å². The van der Waals surface area contributed by atoms with E-state index in [1.54, 1.807) is 0 Å². The van der Waals surface area contributed by atoms with Crippen LogP contribution in [0.2, 0.25) is 0 Å². The van der Waals surface area contributed by atoms with Crippen molar-refractivity contribution >= 4 is 21.9 Å². The Bertz CT molecular complexity index is 596. The van der Waals surface area contributed by atoms with Gasteiger partial charge in [-0.1, -0.05) is 5.16 Å². The molecule has 0 bridgehead atoms. The van der Waals surface area contributed by atoms with E-state index in [2.05, 4.69) is 25.6 Å². The normalized spacial score (nSPS) is 10.5. The molecule has 7 heteroatoms. The standard InChI is InChI=1S/C10H5BrFNO4/c11-6-2-4(12)1-5(9(6)14)7-3-8(10(15)16)17-13-7/h1-3,14H,(H,15,16). The minimum absolute atomic E-state index is 0.0418. The van der Waals surface area contributed by atoms with E-state index in [0.717, 1.165) is 18.2 Å². The molecule has 5 nitrogen and oxygen atoms in total. The molecule has 0 aliphatic rings. The number of hydrogen-bond donors (Lipinski definition) is 2. The van der Waals surface area contributed by atoms with Crippen molar-refractivity contribution in [3.05, 3.63) is 34.2 Å². The zero-order valence-corrected chi connectivity index (χ0v) is 9.73. The lowest BCUT2D eigenvalue weighted by molar-refractivity contribution is 0.0652. The molecule has 1 heterocycles. The van der Waals surface area contributed by atoms with Gasteiger partial charge in [-0.25, -0.2) is 9.18 Å². The minimum atomic E-state index is -1.29. The highest BCUT2D eigenvalue weighted by Gasteiger charge is 2.17. The third-order valence-corrected chi connectivity index (χ3v) is 2.63. The molecule has 2 rings (SSSR count). The molecule has 0 aliphatic carbocycles. The van der Waals surface area contributed by atoms with Crippen molar-refractivity contribution in [2.24, 2.45) is 0 Å². The van der Waals surface area contributed by atoms with Crippen LogP contribution in [-0.4, -0.2) is 21.3 Å². The van der Waals surface area contributed by atoms with Gasteiger partial charge in [0.2, 0.25) is 5.76 Å². The smallest absolute Gasteiger partial charge is 0.374 e. The Morgan fingerprint density at radius 2 is 2.12 bits per heavy atom. The molecule has 0 fully saturated rings. The van der Waals surface area contributed by atoms with Gasteiger partial charge < -0.3 is 14.7 Å². The van der Waals surface area contributed by atoms with Gasteiger partial charge in [0.05, 0.1) is 4.47 Å². The Morgan fingerprint density at radius 3 is 2.71 bits per heavy atom. The summed E-state index contributed by atoms with van der Waals surface area (Å²) < 4.78 is 17.8. The predicted octanol–water partition coefficient (Wildman–Crippen LogP) is 2.65. The number of aromatic hydroxyl groups is 1. The lowest BCUT2D eigenvalue weighted by Gasteiger charge is -2.02. The summed E-state index contributed by atoms with van der Waals surface area (Å²) >= 11 is 2.97. The molecule has 17 heavy (non-hydrogen) atoms. The first-order chi connectivity index (χ1) is 7.99. The lowest BCUT2D eigenvalue weighted by Crippen LogP contribution is -1.91. The number of halogens is 2. The molecular formula is C10H5BrFNO4. The van der Waals surface area contributed by atoms with Crippen LogP contribution < -0.4 is 0 Å². The molecular weight excluding hydrogens is 297 g/mol. The van der Waals surface area contributed by atoms with Crippen molar-refractivity contribution < 1.29 is 23.9 Å². The maximum atomic E-state index is 13.1. The monoisotopic (exact) mass is 301 g/mol. The number of carboxylic acids is 1. The highest BCUT2D eigenvalue weighted by Crippen LogP contribution is 2.35. The van der Waals surface area contributed by atoms with E-state index in [4.69, 9.17) is 5.11 Å². The lowest BCUT2D eigenvalue weighted by atomic mass is 10.1. The number of aromatic carboxylic acids is 1. The largest absolute Gasteiger partial charge is 0.506 e. The fraction of sp³-hybridized carbons (Fsp3) is 0. The summed E-state index contributed by atoms with van der Waals surface area (Å²) in [6, 6.07) is 3.21. The number of phenols is 1. The number of carboxylic acid groups (broad SMARTS) is 1. The van der Waals surface area contributed by atoms with Crippen LogP contribution in [0.1, 0.15) is 10.6 Å². The van der Waals surface area contributed by atoms with Crippen molar-refractivity contribution in [2.45, 2.75) is 0 Å². The van der Waals surface area contributed by atoms with Crippen LogP contribution in [0.15, 0.2) is 27.2 Å². The summed E-state index contributed by atoms with van der Waals surface area (Å²) in [7, 11) is 0. The quantitative estimate of drug-likeness (QED) is 0.891. The number of benzene rings is 1. The molecule has 0 spiro atoms. The maximum Gasteiger partial charge on any atom is 0.374 e. The first kappa shape index (κ1) is 11.6. The topological polar surface area (TPSA) is 83.6 Å². The van der Waals surface area contributed by atoms with Gasteiger partial charge >= 0.3 is 5.97 Å². The van der Waals surface area contributed by atoms with E-state index in [-0.39, 0.29) is 27.2 Å². The highest BCUT2D eigenvalue weighted by atomic mass is 79.9. The predicted molar refractivity (Wildman–Crippen MR) is 58.2 cm³/mol. The van der Waals surface area contributed by atoms with Crippen molar-refractivity contribution in [1.29, 1.82) is 0 Å². The molecule has 0 radical (unpaired) electrons. The number of phenolic OH excluding ortho intramolecular Hbond substituents is 1. The number of hydrogen-bond acceptors (Lipinski definition) is 4. The number of rotatable bonds is 2. The second kappa shape index (κ2) is 4.17. The van der Waals surface area contributed by atoms with Crippen molar-refractivity contribution in [3.63, 3.8) is 0 Å². The summed E-state index contributed by atoms with van der Waals surface area (Å²) in [4.78, 5) is 10.6. The second-order valence-corrected chi connectivity index (χ2v) is 4.02. The summed E-state index contributed by atoms with van der Waals surface area (Å²) in [6.07, 6.45) is 0. The zero-order chi connectivity index (χ0) is 12.6. The fourth-order valence-corrected chi connectivity index (χ4v) is 1.70. The van der Waals surface area contributed by atoms with Gasteiger partial charge in [-0.05, 0) is 28.1 Å². The number of nitrogens with zero attached hydrogens (tertiary/aromatic N) is 1. The Labute approximate surface area is 103 Å². The summed E-state index contributed by atoms with van der Waals surface area (Å²) in [5, 5.41) is 21.8. The maximum absolute atomic E-state index is 13.1. The van der Waals surface area contributed by atoms with Gasteiger partial charge in [0, 0.05) is 11.6 Å². The first-order valence-electron chi connectivity index (χ1n) is 4.37. The minimum Gasteiger partial charge on any atom is -0.506 e. The van der Waals surface area contributed by atoms with Gasteiger partial charge in [-0.15, -0.1) is 0 Å². The van der Waals surface area contributed by atoms with Crippen LogP contribution in [0.5, 0.6) is 5.75 Å². The third-order valence-electron chi connectivity index (χ3n) is 2.03. The van der Waals surface area contributed by atoms with E-state index in [1.165, 1.54) is 0 Å². The van der Waals surface area contributed by atoms with E-state index >= 15 is 0 Å². The van der Waals surface area contributed by atoms with Crippen molar-refractivity contribution in [2.75, 3.05) is 0 Å². The molecule has 1 aromatic heterocycles. The molecule has 0 aliphatic heterocycles. The van der Waals surface area contributed by atoms with Crippen molar-refractivity contribution in [3.8, 4) is 17.0 Å². The Balaban J connectivity index is 2.56. The van der Waals surface area contributed by atoms with Crippen LogP contribution in [0.3, 0.4) is 0 Å². The molecule has 2 N–H and O–H groups in total. The van der Waals surface area contributed by atoms with E-state index in [0.29, 0.717) is 0 Å². The fourth-order valence-electron chi connectivity index (χ4n) is 1.26. The van der Waals surface area contributed by atoms with Crippen molar-refractivity contribution in [1.82, 2.24) is 5.16 Å². The summed E-state index contributed by atoms with van der Waals surface area (Å²) in [5.74, 6) is -2.51. The molecule has 1 aromatic carbocycles. The van der Waals surface area contributed by atoms with E-state index < -0.39 is 11.8 Å². The summed E-state index contributed by atoms with van der Waals surface area (Å²) in [6.45, 7) is 0. The molecule has 2 aromatic rings. The van der Waals surface area contributed by atoms with Crippen LogP contribution in [0, 0.1) is 5.82 Å². The zero-order valence-electron chi connectivity index (χ0n) is 8.15. The van der Waals surface area contributed by atoms with Gasteiger partial charge in [-0.3, -0.25) is 0 Å². The SMILES string of the molecule is O=C(O)c1cc(-c2cc(F)cc(Br)c2O)no1. The molecule has 88 valence electrons. The molecule has 0 unspecified atom stereocenters. The van der Waals surface area contributed by atoms with Gasteiger partial charge in [-0.2, -0.15) is 0 Å². The van der Waals surface area contributed by atoms with Crippen LogP contribution in [0.25, 0.3) is 11.3 Å². The third kappa shape index (κ3) is 2.14. The van der Waals surface area contributed by atoms with Crippen LogP contribution >= 0.6 is 15.9 Å². The first-order valence-corrected chi connectivity index (χ1v) is 5.16. The molecule has 0 saturated heterocycles. The second-order valence-electron chi connectivity index (χ2n) is 3.17. The number of aromatic nitrogens is 1. The molecule has 0 amide bonds. The average Bonchev–Trinajstić information content (AvgIpc) is 2.72. The van der Waals surface area contributed by atoms with Gasteiger partial charge in [0.1, 0.15) is 17.3 Å². The van der Waals surface area contributed by atoms with E-state index in [1.807, 2.05) is 0 Å². The van der Waals surface area contributed by atoms with Gasteiger partial charge in [0.15, 0.2) is 0 Å². The van der Waals surface area contributed by atoms with Crippen LogP contribution in [0.4, 0.5) is 4.39 Å². The number of carbonyl (C=O) groups is 1. The van der Waals surface area contributed by atoms with E-state index in [9.17, 15) is 14.3 Å². The Kier molecular flexibility index (Phi) is 2.84.